The third-order valence-electron chi connectivity index (χ3n) is 3.39. The van der Waals surface area contributed by atoms with Crippen molar-refractivity contribution in [2.45, 2.75) is 18.9 Å². The predicted octanol–water partition coefficient (Wildman–Crippen LogP) is 2.94. The van der Waals surface area contributed by atoms with E-state index in [1.165, 1.54) is 0 Å². The van der Waals surface area contributed by atoms with Crippen molar-refractivity contribution in [3.05, 3.63) is 71.8 Å². The van der Waals surface area contributed by atoms with Gasteiger partial charge in [0.1, 0.15) is 0 Å². The molecule has 2 rings (SSSR count). The van der Waals surface area contributed by atoms with Crippen molar-refractivity contribution in [1.29, 1.82) is 0 Å². The predicted molar refractivity (Wildman–Crippen MR) is 88.1 cm³/mol. The summed E-state index contributed by atoms with van der Waals surface area (Å²) >= 11 is 0. The third-order valence-corrected chi connectivity index (χ3v) is 3.39. The lowest BCUT2D eigenvalue weighted by Crippen LogP contribution is -2.38. The summed E-state index contributed by atoms with van der Waals surface area (Å²) in [6.45, 7) is 0.328. The van der Waals surface area contributed by atoms with Crippen LogP contribution in [0.3, 0.4) is 0 Å². The summed E-state index contributed by atoms with van der Waals surface area (Å²) in [5, 5.41) is 14.2. The quantitative estimate of drug-likeness (QED) is 0.688. The van der Waals surface area contributed by atoms with Crippen LogP contribution in [0.4, 0.5) is 4.79 Å². The molecule has 0 saturated carbocycles. The maximum atomic E-state index is 12.1. The Bertz CT molecular complexity index is 590. The molecule has 3 N–H and O–H groups in total. The lowest BCUT2D eigenvalue weighted by molar-refractivity contribution is -0.137. The molecule has 0 saturated heterocycles. The van der Waals surface area contributed by atoms with Gasteiger partial charge >= 0.3 is 12.0 Å². The highest BCUT2D eigenvalue weighted by Crippen LogP contribution is 2.21. The minimum absolute atomic E-state index is 0.0427. The Balaban J connectivity index is 2.01. The van der Waals surface area contributed by atoms with Crippen molar-refractivity contribution < 1.29 is 14.7 Å². The number of urea groups is 1. The molecule has 5 nitrogen and oxygen atoms in total. The molecule has 0 aliphatic heterocycles. The van der Waals surface area contributed by atoms with Crippen molar-refractivity contribution in [1.82, 2.24) is 10.6 Å². The number of carboxylic acid groups (broad SMARTS) is 1. The molecule has 0 atom stereocenters. The van der Waals surface area contributed by atoms with Crippen LogP contribution in [0.25, 0.3) is 0 Å². The van der Waals surface area contributed by atoms with Crippen molar-refractivity contribution in [2.24, 2.45) is 0 Å². The molecule has 120 valence electrons. The zero-order valence-corrected chi connectivity index (χ0v) is 12.7. The molecule has 0 fully saturated rings. The van der Waals surface area contributed by atoms with Crippen LogP contribution >= 0.6 is 0 Å². The SMILES string of the molecule is O=C(O)CCCNC(=O)NC(c1ccccc1)c1ccccc1. The summed E-state index contributed by atoms with van der Waals surface area (Å²) in [5.41, 5.74) is 1.97. The average Bonchev–Trinajstić information content (AvgIpc) is 2.58. The molecule has 0 aliphatic carbocycles. The smallest absolute Gasteiger partial charge is 0.315 e. The Morgan fingerprint density at radius 1 is 0.913 bits per heavy atom. The summed E-state index contributed by atoms with van der Waals surface area (Å²) < 4.78 is 0. The van der Waals surface area contributed by atoms with Gasteiger partial charge in [-0.25, -0.2) is 4.79 Å². The number of amides is 2. The van der Waals surface area contributed by atoms with E-state index in [2.05, 4.69) is 10.6 Å². The van der Waals surface area contributed by atoms with Gasteiger partial charge in [0.2, 0.25) is 0 Å². The van der Waals surface area contributed by atoms with E-state index in [1.807, 2.05) is 60.7 Å². The van der Waals surface area contributed by atoms with Crippen molar-refractivity contribution in [3.63, 3.8) is 0 Å². The second-order valence-electron chi connectivity index (χ2n) is 5.15. The molecule has 2 amide bonds. The molecular formula is C18H20N2O3. The van der Waals surface area contributed by atoms with Crippen LogP contribution in [0.1, 0.15) is 30.0 Å². The van der Waals surface area contributed by atoms with Gasteiger partial charge in [-0.2, -0.15) is 0 Å². The van der Waals surface area contributed by atoms with Gasteiger partial charge in [-0.3, -0.25) is 4.79 Å². The Morgan fingerprint density at radius 2 is 1.43 bits per heavy atom. The number of aliphatic carboxylic acids is 1. The van der Waals surface area contributed by atoms with Crippen LogP contribution in [0.5, 0.6) is 0 Å². The zero-order valence-electron chi connectivity index (χ0n) is 12.7. The largest absolute Gasteiger partial charge is 0.481 e. The molecule has 0 bridgehead atoms. The van der Waals surface area contributed by atoms with E-state index < -0.39 is 5.97 Å². The van der Waals surface area contributed by atoms with E-state index in [0.717, 1.165) is 11.1 Å². The molecule has 0 unspecified atom stereocenters. The van der Waals surface area contributed by atoms with E-state index in [1.54, 1.807) is 0 Å². The highest BCUT2D eigenvalue weighted by atomic mass is 16.4. The molecule has 0 radical (unpaired) electrons. The zero-order chi connectivity index (χ0) is 16.5. The van der Waals surface area contributed by atoms with Gasteiger partial charge in [0.05, 0.1) is 6.04 Å². The maximum absolute atomic E-state index is 12.1. The van der Waals surface area contributed by atoms with Crippen molar-refractivity contribution >= 4 is 12.0 Å². The molecule has 2 aromatic carbocycles. The first-order chi connectivity index (χ1) is 11.2. The number of rotatable bonds is 7. The number of carboxylic acids is 1. The van der Waals surface area contributed by atoms with Crippen LogP contribution in [-0.2, 0) is 4.79 Å². The van der Waals surface area contributed by atoms with Gasteiger partial charge in [-0.15, -0.1) is 0 Å². The summed E-state index contributed by atoms with van der Waals surface area (Å²) in [6, 6.07) is 18.8. The van der Waals surface area contributed by atoms with Gasteiger partial charge in [0.25, 0.3) is 0 Å². The number of hydrogen-bond acceptors (Lipinski definition) is 2. The average molecular weight is 312 g/mol. The number of carbonyl (C=O) groups excluding carboxylic acids is 1. The number of benzene rings is 2. The summed E-state index contributed by atoms with van der Waals surface area (Å²) in [4.78, 5) is 22.5. The lowest BCUT2D eigenvalue weighted by atomic mass is 9.99. The fourth-order valence-electron chi connectivity index (χ4n) is 2.27. The van der Waals surface area contributed by atoms with Crippen LogP contribution in [-0.4, -0.2) is 23.7 Å². The van der Waals surface area contributed by atoms with Gasteiger partial charge in [-0.1, -0.05) is 60.7 Å². The fraction of sp³-hybridized carbons (Fsp3) is 0.222. The van der Waals surface area contributed by atoms with E-state index in [4.69, 9.17) is 5.11 Å². The van der Waals surface area contributed by atoms with Gasteiger partial charge in [-0.05, 0) is 17.5 Å². The van der Waals surface area contributed by atoms with E-state index >= 15 is 0 Å². The standard InChI is InChI=1S/C18H20N2O3/c21-16(22)12-7-13-19-18(23)20-17(14-8-3-1-4-9-14)15-10-5-2-6-11-15/h1-6,8-11,17H,7,12-13H2,(H,21,22)(H2,19,20,23). The summed E-state index contributed by atoms with van der Waals surface area (Å²) in [7, 11) is 0. The molecule has 0 heterocycles. The molecule has 0 spiro atoms. The fourth-order valence-corrected chi connectivity index (χ4v) is 2.27. The van der Waals surface area contributed by atoms with Crippen LogP contribution < -0.4 is 10.6 Å². The normalized spacial score (nSPS) is 10.3. The van der Waals surface area contributed by atoms with E-state index in [9.17, 15) is 9.59 Å². The summed E-state index contributed by atoms with van der Waals surface area (Å²) in [5.74, 6) is -0.862. The minimum atomic E-state index is -0.862. The van der Waals surface area contributed by atoms with Crippen LogP contribution in [0, 0.1) is 0 Å². The van der Waals surface area contributed by atoms with Gasteiger partial charge < -0.3 is 15.7 Å². The first kappa shape index (κ1) is 16.5. The van der Waals surface area contributed by atoms with Crippen LogP contribution in [0.2, 0.25) is 0 Å². The first-order valence-corrected chi connectivity index (χ1v) is 7.53. The molecule has 2 aromatic rings. The Hall–Kier alpha value is -2.82. The highest BCUT2D eigenvalue weighted by Gasteiger charge is 2.16. The monoisotopic (exact) mass is 312 g/mol. The summed E-state index contributed by atoms with van der Waals surface area (Å²) in [6.07, 6.45) is 0.450. The van der Waals surface area contributed by atoms with E-state index in [-0.39, 0.29) is 18.5 Å². The maximum Gasteiger partial charge on any atom is 0.315 e. The lowest BCUT2D eigenvalue weighted by Gasteiger charge is -2.20. The van der Waals surface area contributed by atoms with Gasteiger partial charge in [0, 0.05) is 13.0 Å². The second kappa shape index (κ2) is 8.58. The first-order valence-electron chi connectivity index (χ1n) is 7.53. The minimum Gasteiger partial charge on any atom is -0.481 e. The van der Waals surface area contributed by atoms with Crippen molar-refractivity contribution in [3.8, 4) is 0 Å². The molecule has 23 heavy (non-hydrogen) atoms. The topological polar surface area (TPSA) is 78.4 Å². The third kappa shape index (κ3) is 5.47. The molecule has 0 aliphatic rings. The number of carbonyl (C=O) groups is 2. The highest BCUT2D eigenvalue weighted by molar-refractivity contribution is 5.75. The van der Waals surface area contributed by atoms with E-state index in [0.29, 0.717) is 13.0 Å². The molecule has 0 aromatic heterocycles. The molecule has 5 heteroatoms. The number of hydrogen-bond donors (Lipinski definition) is 3. The Morgan fingerprint density at radius 3 is 1.91 bits per heavy atom. The van der Waals surface area contributed by atoms with Crippen LogP contribution in [0.15, 0.2) is 60.7 Å². The Kier molecular flexibility index (Phi) is 6.17. The van der Waals surface area contributed by atoms with Gasteiger partial charge in [0.15, 0.2) is 0 Å². The Labute approximate surface area is 135 Å². The molecular weight excluding hydrogens is 292 g/mol. The number of nitrogens with one attached hydrogen (secondary N) is 2. The van der Waals surface area contributed by atoms with Crippen molar-refractivity contribution in [2.75, 3.05) is 6.54 Å². The second-order valence-corrected chi connectivity index (χ2v) is 5.15.